The van der Waals surface area contributed by atoms with E-state index in [-0.39, 0.29) is 36.1 Å². The van der Waals surface area contributed by atoms with Crippen molar-refractivity contribution in [2.45, 2.75) is 66.7 Å². The minimum Gasteiger partial charge on any atom is -0.389 e. The van der Waals surface area contributed by atoms with Crippen molar-refractivity contribution < 1.29 is 14.7 Å². The lowest BCUT2D eigenvalue weighted by molar-refractivity contribution is -0.0778. The fourth-order valence-corrected chi connectivity index (χ4v) is 5.90. The van der Waals surface area contributed by atoms with Gasteiger partial charge in [-0.05, 0) is 33.6 Å². The predicted molar refractivity (Wildman–Crippen MR) is 134 cm³/mol. The molecule has 0 aromatic carbocycles. The molecule has 4 heterocycles. The minimum atomic E-state index is -0.789. The van der Waals surface area contributed by atoms with E-state index < -0.39 is 23.3 Å². The second-order valence-corrected chi connectivity index (χ2v) is 11.0. The molecule has 0 saturated carbocycles. The summed E-state index contributed by atoms with van der Waals surface area (Å²) >= 11 is 1.29. The van der Waals surface area contributed by atoms with Crippen molar-refractivity contribution in [1.29, 1.82) is 0 Å². The fourth-order valence-electron chi connectivity index (χ4n) is 4.61. The van der Waals surface area contributed by atoms with Crippen molar-refractivity contribution in [2.75, 3.05) is 13.2 Å². The van der Waals surface area contributed by atoms with E-state index in [1.54, 1.807) is 4.57 Å². The molecule has 4 rings (SSSR count). The maximum atomic E-state index is 13.7. The van der Waals surface area contributed by atoms with Crippen molar-refractivity contribution in [2.24, 2.45) is 13.0 Å². The quantitative estimate of drug-likeness (QED) is 0.552. The molecule has 35 heavy (non-hydrogen) atoms. The number of carbonyl (C=O) groups excluding carboxylic acids is 1. The lowest BCUT2D eigenvalue weighted by atomic mass is 10.0. The van der Waals surface area contributed by atoms with Crippen LogP contribution in [0, 0.1) is 19.8 Å². The number of amides is 1. The number of hydrogen-bond acceptors (Lipinski definition) is 7. The number of rotatable bonds is 6. The molecule has 1 atom stereocenters. The second-order valence-electron chi connectivity index (χ2n) is 9.91. The Morgan fingerprint density at radius 3 is 2.46 bits per heavy atom. The normalized spacial score (nSPS) is 16.4. The molecule has 0 unspecified atom stereocenters. The van der Waals surface area contributed by atoms with Crippen LogP contribution in [-0.2, 0) is 24.9 Å². The Morgan fingerprint density at radius 1 is 1.23 bits per heavy atom. The number of carbonyl (C=O) groups is 1. The Kier molecular flexibility index (Phi) is 6.78. The summed E-state index contributed by atoms with van der Waals surface area (Å²) in [7, 11) is 1.43. The van der Waals surface area contributed by atoms with Crippen molar-refractivity contribution in [1.82, 2.24) is 24.0 Å². The van der Waals surface area contributed by atoms with E-state index in [2.05, 4.69) is 18.9 Å². The number of fused-ring (bicyclic) bond motifs is 1. The van der Waals surface area contributed by atoms with E-state index in [1.807, 2.05) is 32.4 Å². The van der Waals surface area contributed by atoms with Crippen LogP contribution in [0.5, 0.6) is 0 Å². The van der Waals surface area contributed by atoms with Gasteiger partial charge in [0.15, 0.2) is 0 Å². The van der Waals surface area contributed by atoms with Crippen LogP contribution in [0.25, 0.3) is 10.2 Å². The third-order valence-electron chi connectivity index (χ3n) is 6.33. The highest BCUT2D eigenvalue weighted by Crippen LogP contribution is 2.34. The maximum absolute atomic E-state index is 13.7. The van der Waals surface area contributed by atoms with Crippen LogP contribution >= 0.6 is 11.3 Å². The SMILES string of the molecule is Cc1nn(C(C)C)c(C)c1Cc1sc2c(c1C(=O)N1C[C@H](O)CO1)c(=O)n(C)c(=O)n2CC(C)C. The Bertz CT molecular complexity index is 1410. The average molecular weight is 504 g/mol. The van der Waals surface area contributed by atoms with Crippen LogP contribution < -0.4 is 11.2 Å². The number of thiophene rings is 1. The van der Waals surface area contributed by atoms with Gasteiger partial charge < -0.3 is 5.11 Å². The molecule has 1 N–H and O–H groups in total. The summed E-state index contributed by atoms with van der Waals surface area (Å²) in [4.78, 5) is 46.7. The lowest BCUT2D eigenvalue weighted by Crippen LogP contribution is -2.39. The molecule has 0 bridgehead atoms. The fraction of sp³-hybridized carbons (Fsp3) is 0.583. The van der Waals surface area contributed by atoms with E-state index in [4.69, 9.17) is 4.84 Å². The third kappa shape index (κ3) is 4.36. The Labute approximate surface area is 207 Å². The monoisotopic (exact) mass is 503 g/mol. The van der Waals surface area contributed by atoms with Gasteiger partial charge in [-0.1, -0.05) is 13.8 Å². The Morgan fingerprint density at radius 2 is 1.91 bits per heavy atom. The van der Waals surface area contributed by atoms with E-state index in [1.165, 1.54) is 18.4 Å². The largest absolute Gasteiger partial charge is 0.389 e. The highest BCUT2D eigenvalue weighted by Gasteiger charge is 2.33. The van der Waals surface area contributed by atoms with Gasteiger partial charge in [-0.25, -0.2) is 9.86 Å². The summed E-state index contributed by atoms with van der Waals surface area (Å²) < 4.78 is 4.60. The number of aliphatic hydroxyl groups is 1. The third-order valence-corrected chi connectivity index (χ3v) is 7.55. The van der Waals surface area contributed by atoms with Crippen LogP contribution in [0.4, 0.5) is 0 Å². The first-order valence-corrected chi connectivity index (χ1v) is 12.7. The standard InChI is InChI=1S/C24H33N5O5S/c1-12(2)9-27-23-20(21(31)26(7)24(27)33)19(22(32)28-10-16(30)11-34-28)18(35-23)8-17-14(5)25-29(13(3)4)15(17)6/h12-13,16,30H,8-11H2,1-7H3/t16-/m0/s1. The van der Waals surface area contributed by atoms with Crippen molar-refractivity contribution in [3.8, 4) is 0 Å². The molecule has 3 aromatic heterocycles. The number of aliphatic hydroxyl groups excluding tert-OH is 1. The van der Waals surface area contributed by atoms with Gasteiger partial charge >= 0.3 is 5.69 Å². The van der Waals surface area contributed by atoms with Gasteiger partial charge in [0.1, 0.15) is 17.5 Å². The summed E-state index contributed by atoms with van der Waals surface area (Å²) in [5, 5.41) is 15.9. The van der Waals surface area contributed by atoms with Gasteiger partial charge in [-0.3, -0.25) is 28.2 Å². The highest BCUT2D eigenvalue weighted by molar-refractivity contribution is 7.19. The number of aromatic nitrogens is 4. The first-order valence-electron chi connectivity index (χ1n) is 11.8. The van der Waals surface area contributed by atoms with Crippen LogP contribution in [0.2, 0.25) is 0 Å². The zero-order chi connectivity index (χ0) is 25.8. The van der Waals surface area contributed by atoms with Gasteiger partial charge in [-0.2, -0.15) is 5.10 Å². The molecule has 0 aliphatic carbocycles. The number of β-amino-alcohol motifs (C(OH)–C–C–N with tert-alkyl or cyclic N) is 1. The molecule has 1 fully saturated rings. The van der Waals surface area contributed by atoms with Gasteiger partial charge in [0.25, 0.3) is 11.5 Å². The summed E-state index contributed by atoms with van der Waals surface area (Å²) in [6, 6.07) is 0.175. The molecule has 0 radical (unpaired) electrons. The first kappa shape index (κ1) is 25.3. The summed E-state index contributed by atoms with van der Waals surface area (Å²) in [6.45, 7) is 12.5. The number of aryl methyl sites for hydroxylation is 1. The van der Waals surface area contributed by atoms with Crippen LogP contribution in [0.15, 0.2) is 9.59 Å². The second kappa shape index (κ2) is 9.36. The summed E-state index contributed by atoms with van der Waals surface area (Å²) in [5.74, 6) is -0.329. The molecule has 1 aliphatic rings. The number of nitrogens with zero attached hydrogens (tertiary/aromatic N) is 5. The average Bonchev–Trinajstić information content (AvgIpc) is 3.46. The first-order chi connectivity index (χ1) is 16.4. The van der Waals surface area contributed by atoms with Gasteiger partial charge in [-0.15, -0.1) is 11.3 Å². The predicted octanol–water partition coefficient (Wildman–Crippen LogP) is 2.15. The van der Waals surface area contributed by atoms with Gasteiger partial charge in [0, 0.05) is 42.2 Å². The lowest BCUT2D eigenvalue weighted by Gasteiger charge is -2.15. The van der Waals surface area contributed by atoms with Gasteiger partial charge in [0.05, 0.1) is 23.2 Å². The molecule has 1 amide bonds. The maximum Gasteiger partial charge on any atom is 0.331 e. The minimum absolute atomic E-state index is 0.0125. The van der Waals surface area contributed by atoms with E-state index in [0.717, 1.165) is 26.6 Å². The molecule has 3 aromatic rings. The smallest absolute Gasteiger partial charge is 0.331 e. The Hall–Kier alpha value is -2.76. The molecule has 190 valence electrons. The van der Waals surface area contributed by atoms with E-state index in [9.17, 15) is 19.5 Å². The molecule has 1 aliphatic heterocycles. The van der Waals surface area contributed by atoms with Crippen LogP contribution in [0.1, 0.15) is 65.9 Å². The van der Waals surface area contributed by atoms with Crippen LogP contribution in [-0.4, -0.2) is 54.2 Å². The molecule has 11 heteroatoms. The number of hydrogen-bond donors (Lipinski definition) is 1. The number of hydroxylamine groups is 2. The van der Waals surface area contributed by atoms with Crippen LogP contribution in [0.3, 0.4) is 0 Å². The zero-order valence-corrected chi connectivity index (χ0v) is 22.1. The molecular weight excluding hydrogens is 470 g/mol. The van der Waals surface area contributed by atoms with E-state index >= 15 is 0 Å². The van der Waals surface area contributed by atoms with Crippen molar-refractivity contribution >= 4 is 27.5 Å². The van der Waals surface area contributed by atoms with Gasteiger partial charge in [0.2, 0.25) is 0 Å². The molecular formula is C24H33N5O5S. The summed E-state index contributed by atoms with van der Waals surface area (Å²) in [5.41, 5.74) is 2.14. The molecule has 10 nitrogen and oxygen atoms in total. The zero-order valence-electron chi connectivity index (χ0n) is 21.3. The summed E-state index contributed by atoms with van der Waals surface area (Å²) in [6.07, 6.45) is -0.400. The Balaban J connectivity index is 1.99. The molecule has 0 spiro atoms. The molecule has 1 saturated heterocycles. The van der Waals surface area contributed by atoms with Crippen molar-refractivity contribution in [3.05, 3.63) is 48.2 Å². The highest BCUT2D eigenvalue weighted by atomic mass is 32.1. The topological polar surface area (TPSA) is 112 Å². The van der Waals surface area contributed by atoms with E-state index in [0.29, 0.717) is 22.7 Å². The van der Waals surface area contributed by atoms with Crippen molar-refractivity contribution in [3.63, 3.8) is 0 Å².